The average molecular weight is 223 g/mol. The van der Waals surface area contributed by atoms with Crippen LogP contribution in [0.15, 0.2) is 12.1 Å². The number of hydrogen-bond acceptors (Lipinski definition) is 5. The summed E-state index contributed by atoms with van der Waals surface area (Å²) in [5.41, 5.74) is 5.76. The molecule has 0 saturated heterocycles. The summed E-state index contributed by atoms with van der Waals surface area (Å²) in [4.78, 5) is 11.6. The van der Waals surface area contributed by atoms with Crippen molar-refractivity contribution in [2.24, 2.45) is 5.73 Å². The lowest BCUT2D eigenvalue weighted by Crippen LogP contribution is -2.20. The van der Waals surface area contributed by atoms with Gasteiger partial charge in [0.25, 0.3) is 0 Å². The first-order valence-corrected chi connectivity index (χ1v) is 4.97. The standard InChI is InChI=1S/C11H13NO4/c1-14-7-4-8(9(13)6-12)11-10(5-7)15-2-3-16-11/h4-5H,2-3,6,12H2,1H3. The quantitative estimate of drug-likeness (QED) is 0.760. The van der Waals surface area contributed by atoms with E-state index in [0.717, 1.165) is 0 Å². The number of carbonyl (C=O) groups is 1. The number of carbonyl (C=O) groups excluding carboxylic acids is 1. The minimum Gasteiger partial charge on any atom is -0.497 e. The molecule has 1 aromatic carbocycles. The largest absolute Gasteiger partial charge is 0.497 e. The molecule has 0 atom stereocenters. The highest BCUT2D eigenvalue weighted by Crippen LogP contribution is 2.37. The fraction of sp³-hybridized carbons (Fsp3) is 0.364. The summed E-state index contributed by atoms with van der Waals surface area (Å²) in [5, 5.41) is 0. The fourth-order valence-electron chi connectivity index (χ4n) is 1.56. The molecular formula is C11H13NO4. The average Bonchev–Trinajstić information content (AvgIpc) is 2.36. The van der Waals surface area contributed by atoms with Crippen LogP contribution in [-0.4, -0.2) is 32.7 Å². The number of hydrogen-bond donors (Lipinski definition) is 1. The van der Waals surface area contributed by atoms with Crippen molar-refractivity contribution in [3.8, 4) is 17.2 Å². The van der Waals surface area contributed by atoms with Crippen LogP contribution in [0.4, 0.5) is 0 Å². The lowest BCUT2D eigenvalue weighted by molar-refractivity contribution is 0.0989. The van der Waals surface area contributed by atoms with Gasteiger partial charge < -0.3 is 19.9 Å². The van der Waals surface area contributed by atoms with Gasteiger partial charge in [-0.15, -0.1) is 0 Å². The zero-order valence-corrected chi connectivity index (χ0v) is 8.99. The minimum atomic E-state index is -0.194. The lowest BCUT2D eigenvalue weighted by Gasteiger charge is -2.21. The molecule has 0 unspecified atom stereocenters. The lowest BCUT2D eigenvalue weighted by atomic mass is 10.1. The van der Waals surface area contributed by atoms with Crippen molar-refractivity contribution in [3.63, 3.8) is 0 Å². The zero-order valence-electron chi connectivity index (χ0n) is 8.99. The van der Waals surface area contributed by atoms with Gasteiger partial charge in [-0.25, -0.2) is 0 Å². The molecule has 16 heavy (non-hydrogen) atoms. The van der Waals surface area contributed by atoms with E-state index in [1.165, 1.54) is 7.11 Å². The Morgan fingerprint density at radius 1 is 1.44 bits per heavy atom. The van der Waals surface area contributed by atoms with E-state index in [2.05, 4.69) is 0 Å². The van der Waals surface area contributed by atoms with Crippen molar-refractivity contribution in [3.05, 3.63) is 17.7 Å². The van der Waals surface area contributed by atoms with Crippen molar-refractivity contribution >= 4 is 5.78 Å². The Labute approximate surface area is 93.1 Å². The molecule has 5 nitrogen and oxygen atoms in total. The van der Waals surface area contributed by atoms with E-state index in [4.69, 9.17) is 19.9 Å². The number of rotatable bonds is 3. The van der Waals surface area contributed by atoms with Crippen molar-refractivity contribution < 1.29 is 19.0 Å². The highest BCUT2D eigenvalue weighted by Gasteiger charge is 2.21. The molecular weight excluding hydrogens is 210 g/mol. The second-order valence-corrected chi connectivity index (χ2v) is 3.33. The molecule has 0 radical (unpaired) electrons. The van der Waals surface area contributed by atoms with Crippen LogP contribution in [0.5, 0.6) is 17.2 Å². The van der Waals surface area contributed by atoms with Crippen LogP contribution in [0.3, 0.4) is 0 Å². The van der Waals surface area contributed by atoms with Crippen LogP contribution >= 0.6 is 0 Å². The molecule has 86 valence electrons. The first kappa shape index (κ1) is 10.8. The molecule has 5 heteroatoms. The Balaban J connectivity index is 2.51. The molecule has 2 N–H and O–H groups in total. The Kier molecular flexibility index (Phi) is 2.96. The van der Waals surface area contributed by atoms with E-state index in [9.17, 15) is 4.79 Å². The van der Waals surface area contributed by atoms with Crippen molar-refractivity contribution in [2.45, 2.75) is 0 Å². The summed E-state index contributed by atoms with van der Waals surface area (Å²) < 4.78 is 15.9. The number of Topliss-reactive ketones (excluding diaryl/α,β-unsaturated/α-hetero) is 1. The number of nitrogens with two attached hydrogens (primary N) is 1. The molecule has 0 fully saturated rings. The van der Waals surface area contributed by atoms with Crippen molar-refractivity contribution in [1.29, 1.82) is 0 Å². The summed E-state index contributed by atoms with van der Waals surface area (Å²) in [6.45, 7) is 0.837. The maximum absolute atomic E-state index is 11.6. The van der Waals surface area contributed by atoms with Crippen LogP contribution in [0.2, 0.25) is 0 Å². The van der Waals surface area contributed by atoms with Gasteiger partial charge in [0.15, 0.2) is 17.3 Å². The molecule has 0 amide bonds. The van der Waals surface area contributed by atoms with Crippen LogP contribution < -0.4 is 19.9 Å². The predicted octanol–water partition coefficient (Wildman–Crippen LogP) is 0.608. The minimum absolute atomic E-state index is 0.0665. The Hall–Kier alpha value is -1.75. The third-order valence-electron chi connectivity index (χ3n) is 2.34. The number of methoxy groups -OCH3 is 1. The molecule has 1 aromatic rings. The van der Waals surface area contributed by atoms with Gasteiger partial charge in [0.05, 0.1) is 19.2 Å². The van der Waals surface area contributed by atoms with E-state index >= 15 is 0 Å². The third-order valence-corrected chi connectivity index (χ3v) is 2.34. The Morgan fingerprint density at radius 3 is 2.88 bits per heavy atom. The maximum atomic E-state index is 11.6. The molecule has 0 saturated carbocycles. The van der Waals surface area contributed by atoms with Crippen LogP contribution in [-0.2, 0) is 0 Å². The van der Waals surface area contributed by atoms with E-state index in [-0.39, 0.29) is 12.3 Å². The van der Waals surface area contributed by atoms with E-state index < -0.39 is 0 Å². The molecule has 1 aliphatic rings. The molecule has 0 bridgehead atoms. The molecule has 0 spiro atoms. The number of benzene rings is 1. The van der Waals surface area contributed by atoms with Gasteiger partial charge in [-0.2, -0.15) is 0 Å². The number of ketones is 1. The Bertz CT molecular complexity index is 417. The molecule has 0 aromatic heterocycles. The van der Waals surface area contributed by atoms with Crippen LogP contribution in [0.25, 0.3) is 0 Å². The predicted molar refractivity (Wildman–Crippen MR) is 57.4 cm³/mol. The van der Waals surface area contributed by atoms with Gasteiger partial charge in [-0.05, 0) is 6.07 Å². The summed E-state index contributed by atoms with van der Waals surface area (Å²) in [6.07, 6.45) is 0. The van der Waals surface area contributed by atoms with Gasteiger partial charge in [-0.1, -0.05) is 0 Å². The first-order chi connectivity index (χ1) is 7.76. The summed E-state index contributed by atoms with van der Waals surface area (Å²) in [6, 6.07) is 3.31. The smallest absolute Gasteiger partial charge is 0.180 e. The second kappa shape index (κ2) is 4.40. The van der Waals surface area contributed by atoms with Gasteiger partial charge in [0.1, 0.15) is 19.0 Å². The highest BCUT2D eigenvalue weighted by molar-refractivity contribution is 6.01. The molecule has 1 heterocycles. The van der Waals surface area contributed by atoms with Gasteiger partial charge in [-0.3, -0.25) is 4.79 Å². The van der Waals surface area contributed by atoms with Crippen LogP contribution in [0.1, 0.15) is 10.4 Å². The summed E-state index contributed by atoms with van der Waals surface area (Å²) in [7, 11) is 1.53. The van der Waals surface area contributed by atoms with E-state index in [0.29, 0.717) is 36.0 Å². The summed E-state index contributed by atoms with van der Waals surface area (Å²) >= 11 is 0. The topological polar surface area (TPSA) is 70.8 Å². The normalized spacial score (nSPS) is 13.4. The third kappa shape index (κ3) is 1.81. The molecule has 2 rings (SSSR count). The van der Waals surface area contributed by atoms with Gasteiger partial charge >= 0.3 is 0 Å². The van der Waals surface area contributed by atoms with Gasteiger partial charge in [0, 0.05) is 6.07 Å². The van der Waals surface area contributed by atoms with E-state index in [1.54, 1.807) is 12.1 Å². The maximum Gasteiger partial charge on any atom is 0.180 e. The van der Waals surface area contributed by atoms with Crippen LogP contribution in [0, 0.1) is 0 Å². The molecule has 0 aliphatic carbocycles. The second-order valence-electron chi connectivity index (χ2n) is 3.33. The number of fused-ring (bicyclic) bond motifs is 1. The van der Waals surface area contributed by atoms with E-state index in [1.807, 2.05) is 0 Å². The van der Waals surface area contributed by atoms with Gasteiger partial charge in [0.2, 0.25) is 0 Å². The zero-order chi connectivity index (χ0) is 11.5. The Morgan fingerprint density at radius 2 is 2.19 bits per heavy atom. The molecule has 1 aliphatic heterocycles. The van der Waals surface area contributed by atoms with Crippen molar-refractivity contribution in [1.82, 2.24) is 0 Å². The first-order valence-electron chi connectivity index (χ1n) is 4.97. The number of ether oxygens (including phenoxy) is 3. The van der Waals surface area contributed by atoms with Crippen molar-refractivity contribution in [2.75, 3.05) is 26.9 Å². The summed E-state index contributed by atoms with van der Waals surface area (Å²) in [5.74, 6) is 1.35. The highest BCUT2D eigenvalue weighted by atomic mass is 16.6. The SMILES string of the molecule is COc1cc2c(c(C(=O)CN)c1)OCCO2. The fourth-order valence-corrected chi connectivity index (χ4v) is 1.56. The monoisotopic (exact) mass is 223 g/mol.